The monoisotopic (exact) mass is 268 g/mol. The van der Waals surface area contributed by atoms with Gasteiger partial charge in [-0.1, -0.05) is 30.3 Å². The van der Waals surface area contributed by atoms with Crippen molar-refractivity contribution in [1.82, 2.24) is 0 Å². The maximum absolute atomic E-state index is 9.00. The number of aliphatic hydroxyl groups is 1. The van der Waals surface area contributed by atoms with Gasteiger partial charge in [0.25, 0.3) is 5.97 Å². The van der Waals surface area contributed by atoms with Crippen molar-refractivity contribution in [2.24, 2.45) is 0 Å². The number of carboxylic acids is 1. The van der Waals surface area contributed by atoms with Gasteiger partial charge in [0, 0.05) is 13.3 Å². The van der Waals surface area contributed by atoms with Gasteiger partial charge in [-0.05, 0) is 12.5 Å². The molecule has 2 atom stereocenters. The summed E-state index contributed by atoms with van der Waals surface area (Å²) in [6, 6.07) is 10.1. The molecule has 1 aromatic rings. The first-order valence-corrected chi connectivity index (χ1v) is 6.11. The van der Waals surface area contributed by atoms with Crippen LogP contribution in [0, 0.1) is 0 Å². The smallest absolute Gasteiger partial charge is 0.300 e. The minimum absolute atomic E-state index is 0.0182. The number of benzene rings is 1. The fraction of sp³-hybridized carbons (Fsp3) is 0.500. The van der Waals surface area contributed by atoms with Crippen molar-refractivity contribution >= 4 is 5.97 Å². The molecule has 2 rings (SSSR count). The molecule has 106 valence electrons. The molecule has 1 aliphatic heterocycles. The summed E-state index contributed by atoms with van der Waals surface area (Å²) in [4.78, 5) is 9.00. The maximum atomic E-state index is 9.00. The lowest BCUT2D eigenvalue weighted by Gasteiger charge is -2.23. The van der Waals surface area contributed by atoms with Crippen LogP contribution in [0.15, 0.2) is 30.3 Å². The summed E-state index contributed by atoms with van der Waals surface area (Å²) >= 11 is 0. The highest BCUT2D eigenvalue weighted by atomic mass is 16.7. The maximum Gasteiger partial charge on any atom is 0.300 e. The molecule has 2 unspecified atom stereocenters. The molecule has 5 nitrogen and oxygen atoms in total. The minimum atomic E-state index is -0.833. The SMILES string of the molecule is CC(=O)O.CC1(Cc2ccccc2)OCC(CO)O1. The second kappa shape index (κ2) is 7.23. The second-order valence-electron chi connectivity index (χ2n) is 4.55. The largest absolute Gasteiger partial charge is 0.481 e. The van der Waals surface area contributed by atoms with Crippen molar-refractivity contribution in [3.63, 3.8) is 0 Å². The Kier molecular flexibility index (Phi) is 5.95. The van der Waals surface area contributed by atoms with Crippen molar-refractivity contribution < 1.29 is 24.5 Å². The summed E-state index contributed by atoms with van der Waals surface area (Å²) in [6.07, 6.45) is 0.531. The number of aliphatic hydroxyl groups excluding tert-OH is 1. The summed E-state index contributed by atoms with van der Waals surface area (Å²) < 4.78 is 11.2. The molecule has 0 aliphatic carbocycles. The fourth-order valence-electron chi connectivity index (χ4n) is 1.84. The number of aliphatic carboxylic acids is 1. The van der Waals surface area contributed by atoms with Gasteiger partial charge < -0.3 is 19.7 Å². The Balaban J connectivity index is 0.000000399. The lowest BCUT2D eigenvalue weighted by Crippen LogP contribution is -2.30. The number of carboxylic acid groups (broad SMARTS) is 1. The standard InChI is InChI=1S/C12H16O3.C2H4O2/c1-12(14-9-11(8-13)15-12)7-10-5-3-2-4-6-10;1-2(3)4/h2-6,11,13H,7-9H2,1H3;1H3,(H,3,4). The van der Waals surface area contributed by atoms with E-state index in [-0.39, 0.29) is 12.7 Å². The highest BCUT2D eigenvalue weighted by Crippen LogP contribution is 2.26. The predicted molar refractivity (Wildman–Crippen MR) is 69.8 cm³/mol. The van der Waals surface area contributed by atoms with E-state index in [4.69, 9.17) is 24.5 Å². The quantitative estimate of drug-likeness (QED) is 0.867. The van der Waals surface area contributed by atoms with Crippen molar-refractivity contribution in [3.05, 3.63) is 35.9 Å². The van der Waals surface area contributed by atoms with Gasteiger partial charge in [-0.15, -0.1) is 0 Å². The van der Waals surface area contributed by atoms with Crippen LogP contribution in [-0.2, 0) is 20.7 Å². The van der Waals surface area contributed by atoms with Gasteiger partial charge in [-0.2, -0.15) is 0 Å². The van der Waals surface area contributed by atoms with Gasteiger partial charge in [-0.3, -0.25) is 4.79 Å². The zero-order valence-corrected chi connectivity index (χ0v) is 11.2. The number of ether oxygens (including phenoxy) is 2. The lowest BCUT2D eigenvalue weighted by atomic mass is 10.1. The summed E-state index contributed by atoms with van der Waals surface area (Å²) in [6.45, 7) is 3.49. The third kappa shape index (κ3) is 5.83. The van der Waals surface area contributed by atoms with E-state index < -0.39 is 11.8 Å². The van der Waals surface area contributed by atoms with Crippen LogP contribution in [0.5, 0.6) is 0 Å². The molecule has 19 heavy (non-hydrogen) atoms. The normalized spacial score (nSPS) is 25.5. The van der Waals surface area contributed by atoms with Crippen LogP contribution in [0.4, 0.5) is 0 Å². The highest BCUT2D eigenvalue weighted by Gasteiger charge is 2.36. The predicted octanol–water partition coefficient (Wildman–Crippen LogP) is 1.44. The van der Waals surface area contributed by atoms with Crippen LogP contribution < -0.4 is 0 Å². The second-order valence-corrected chi connectivity index (χ2v) is 4.55. The molecule has 0 aromatic heterocycles. The summed E-state index contributed by atoms with van der Waals surface area (Å²) in [5, 5.41) is 16.4. The van der Waals surface area contributed by atoms with E-state index in [9.17, 15) is 0 Å². The average molecular weight is 268 g/mol. The summed E-state index contributed by atoms with van der Waals surface area (Å²) in [7, 11) is 0. The number of hydrogen-bond donors (Lipinski definition) is 2. The first-order valence-electron chi connectivity index (χ1n) is 6.11. The van der Waals surface area contributed by atoms with E-state index in [1.165, 1.54) is 5.56 Å². The topological polar surface area (TPSA) is 76.0 Å². The van der Waals surface area contributed by atoms with Crippen molar-refractivity contribution in [2.75, 3.05) is 13.2 Å². The van der Waals surface area contributed by atoms with Crippen LogP contribution >= 0.6 is 0 Å². The third-order valence-corrected chi connectivity index (χ3v) is 2.56. The first-order chi connectivity index (χ1) is 8.95. The number of carbonyl (C=O) groups is 1. The average Bonchev–Trinajstić information content (AvgIpc) is 2.71. The lowest BCUT2D eigenvalue weighted by molar-refractivity contribution is -0.156. The van der Waals surface area contributed by atoms with Gasteiger partial charge in [0.15, 0.2) is 5.79 Å². The van der Waals surface area contributed by atoms with Crippen LogP contribution in [0.2, 0.25) is 0 Å². The number of hydrogen-bond acceptors (Lipinski definition) is 4. The molecule has 0 bridgehead atoms. The Labute approximate surface area is 112 Å². The van der Waals surface area contributed by atoms with E-state index in [1.807, 2.05) is 37.3 Å². The van der Waals surface area contributed by atoms with Crippen molar-refractivity contribution in [3.8, 4) is 0 Å². The molecular formula is C14H20O5. The molecule has 0 saturated carbocycles. The molecule has 1 saturated heterocycles. The number of rotatable bonds is 3. The third-order valence-electron chi connectivity index (χ3n) is 2.56. The van der Waals surface area contributed by atoms with Gasteiger partial charge in [0.2, 0.25) is 0 Å². The Morgan fingerprint density at radius 1 is 1.42 bits per heavy atom. The van der Waals surface area contributed by atoms with E-state index in [0.29, 0.717) is 13.0 Å². The van der Waals surface area contributed by atoms with Crippen LogP contribution in [-0.4, -0.2) is 41.3 Å². The molecule has 0 amide bonds. The zero-order chi connectivity index (χ0) is 14.3. The van der Waals surface area contributed by atoms with E-state index in [1.54, 1.807) is 0 Å². The zero-order valence-electron chi connectivity index (χ0n) is 11.2. The Bertz CT molecular complexity index is 388. The van der Waals surface area contributed by atoms with E-state index >= 15 is 0 Å². The van der Waals surface area contributed by atoms with Gasteiger partial charge >= 0.3 is 0 Å². The fourth-order valence-corrected chi connectivity index (χ4v) is 1.84. The summed E-state index contributed by atoms with van der Waals surface area (Å²) in [5.74, 6) is -1.42. The molecule has 1 aromatic carbocycles. The van der Waals surface area contributed by atoms with Gasteiger partial charge in [-0.25, -0.2) is 0 Å². The molecule has 1 heterocycles. The Hall–Kier alpha value is -1.43. The Morgan fingerprint density at radius 2 is 2.00 bits per heavy atom. The first kappa shape index (κ1) is 15.6. The van der Waals surface area contributed by atoms with Crippen LogP contribution in [0.1, 0.15) is 19.4 Å². The molecule has 2 N–H and O–H groups in total. The van der Waals surface area contributed by atoms with Crippen molar-refractivity contribution in [1.29, 1.82) is 0 Å². The molecule has 5 heteroatoms. The molecule has 1 fully saturated rings. The molecule has 0 spiro atoms. The van der Waals surface area contributed by atoms with Gasteiger partial charge in [0.05, 0.1) is 13.2 Å². The van der Waals surface area contributed by atoms with E-state index in [2.05, 4.69) is 0 Å². The van der Waals surface area contributed by atoms with Crippen LogP contribution in [0.3, 0.4) is 0 Å². The van der Waals surface area contributed by atoms with Crippen LogP contribution in [0.25, 0.3) is 0 Å². The molecular weight excluding hydrogens is 248 g/mol. The minimum Gasteiger partial charge on any atom is -0.481 e. The summed E-state index contributed by atoms with van der Waals surface area (Å²) in [5.41, 5.74) is 1.18. The Morgan fingerprint density at radius 3 is 2.47 bits per heavy atom. The molecule has 1 aliphatic rings. The van der Waals surface area contributed by atoms with Crippen molar-refractivity contribution in [2.45, 2.75) is 32.2 Å². The highest BCUT2D eigenvalue weighted by molar-refractivity contribution is 5.62. The molecule has 0 radical (unpaired) electrons. The van der Waals surface area contributed by atoms with E-state index in [0.717, 1.165) is 6.92 Å². The van der Waals surface area contributed by atoms with Gasteiger partial charge in [0.1, 0.15) is 6.10 Å².